The average Bonchev–Trinajstić information content (AvgIpc) is 2.96. The van der Waals surface area contributed by atoms with Crippen LogP contribution in [0.25, 0.3) is 0 Å². The van der Waals surface area contributed by atoms with Gasteiger partial charge in [0.2, 0.25) is 0 Å². The minimum absolute atomic E-state index is 0.283. The molecule has 0 radical (unpaired) electrons. The molecule has 0 saturated heterocycles. The van der Waals surface area contributed by atoms with Crippen molar-refractivity contribution in [3.8, 4) is 5.75 Å². The normalized spacial score (nSPS) is 12.3. The maximum Gasteiger partial charge on any atom is 0.120 e. The van der Waals surface area contributed by atoms with Gasteiger partial charge in [-0.2, -0.15) is 0 Å². The lowest BCUT2D eigenvalue weighted by molar-refractivity contribution is 0.317. The molecule has 0 bridgehead atoms. The van der Waals surface area contributed by atoms with Crippen LogP contribution in [-0.4, -0.2) is 16.6 Å². The molecule has 102 valence electrons. The first kappa shape index (κ1) is 13.6. The van der Waals surface area contributed by atoms with Crippen LogP contribution < -0.4 is 10.1 Å². The summed E-state index contributed by atoms with van der Waals surface area (Å²) in [4.78, 5) is 7.27. The molecule has 2 rings (SSSR count). The maximum absolute atomic E-state index is 5.57. The topological polar surface area (TPSA) is 49.9 Å². The molecule has 2 aromatic rings. The van der Waals surface area contributed by atoms with E-state index in [-0.39, 0.29) is 6.04 Å². The molecular formula is C15H21N3O. The van der Waals surface area contributed by atoms with Gasteiger partial charge in [0.05, 0.1) is 13.2 Å². The molecule has 0 amide bonds. The minimum Gasteiger partial charge on any atom is -0.494 e. The molecule has 1 aromatic heterocycles. The monoisotopic (exact) mass is 259 g/mol. The second-order valence-electron chi connectivity index (χ2n) is 4.56. The van der Waals surface area contributed by atoms with Crippen LogP contribution in [-0.2, 0) is 6.54 Å². The van der Waals surface area contributed by atoms with Gasteiger partial charge in [0.25, 0.3) is 0 Å². The Morgan fingerprint density at radius 2 is 2.11 bits per heavy atom. The van der Waals surface area contributed by atoms with E-state index in [4.69, 9.17) is 4.74 Å². The quantitative estimate of drug-likeness (QED) is 0.803. The predicted octanol–water partition coefficient (Wildman–Crippen LogP) is 3.05. The summed E-state index contributed by atoms with van der Waals surface area (Å²) >= 11 is 0. The molecule has 1 heterocycles. The van der Waals surface area contributed by atoms with Crippen molar-refractivity contribution in [1.82, 2.24) is 15.3 Å². The Bertz CT molecular complexity index is 465. The van der Waals surface area contributed by atoms with Crippen molar-refractivity contribution in [2.75, 3.05) is 6.61 Å². The highest BCUT2D eigenvalue weighted by molar-refractivity contribution is 5.28. The Labute approximate surface area is 114 Å². The number of nitrogens with zero attached hydrogens (tertiary/aromatic N) is 1. The third kappa shape index (κ3) is 4.10. The van der Waals surface area contributed by atoms with Crippen molar-refractivity contribution in [2.24, 2.45) is 0 Å². The summed E-state index contributed by atoms with van der Waals surface area (Å²) in [6.45, 7) is 5.76. The summed E-state index contributed by atoms with van der Waals surface area (Å²) in [6.07, 6.45) is 4.63. The van der Waals surface area contributed by atoms with Gasteiger partial charge in [-0.05, 0) is 31.0 Å². The summed E-state index contributed by atoms with van der Waals surface area (Å²) in [7, 11) is 0. The lowest BCUT2D eigenvalue weighted by Gasteiger charge is -2.14. The molecular weight excluding hydrogens is 238 g/mol. The standard InChI is InChI=1S/C15H21N3O/c1-3-10-19-14-6-4-13(5-7-14)12(2)18-11-15-16-8-9-17-15/h4-9,12,18H,3,10-11H2,1-2H3,(H,16,17). The molecule has 4 nitrogen and oxygen atoms in total. The molecule has 19 heavy (non-hydrogen) atoms. The summed E-state index contributed by atoms with van der Waals surface area (Å²) in [5.74, 6) is 1.89. The lowest BCUT2D eigenvalue weighted by Crippen LogP contribution is -2.18. The molecule has 0 spiro atoms. The number of H-pyrrole nitrogens is 1. The van der Waals surface area contributed by atoms with Gasteiger partial charge in [0.1, 0.15) is 11.6 Å². The van der Waals surface area contributed by atoms with Gasteiger partial charge in [-0.25, -0.2) is 4.98 Å². The number of aromatic nitrogens is 2. The van der Waals surface area contributed by atoms with E-state index in [9.17, 15) is 0 Å². The van der Waals surface area contributed by atoms with Crippen LogP contribution in [0.2, 0.25) is 0 Å². The van der Waals surface area contributed by atoms with E-state index >= 15 is 0 Å². The fourth-order valence-corrected chi connectivity index (χ4v) is 1.83. The summed E-state index contributed by atoms with van der Waals surface area (Å²) in [5.41, 5.74) is 1.25. The molecule has 1 aromatic carbocycles. The number of ether oxygens (including phenoxy) is 1. The number of hydrogen-bond donors (Lipinski definition) is 2. The van der Waals surface area contributed by atoms with Gasteiger partial charge in [0.15, 0.2) is 0 Å². The molecule has 1 unspecified atom stereocenters. The van der Waals surface area contributed by atoms with Crippen molar-refractivity contribution in [2.45, 2.75) is 32.9 Å². The lowest BCUT2D eigenvalue weighted by atomic mass is 10.1. The highest BCUT2D eigenvalue weighted by Gasteiger charge is 2.05. The number of benzene rings is 1. The molecule has 4 heteroatoms. The number of nitrogens with one attached hydrogen (secondary N) is 2. The van der Waals surface area contributed by atoms with Crippen LogP contribution in [0.1, 0.15) is 37.7 Å². The summed E-state index contributed by atoms with van der Waals surface area (Å²) in [6, 6.07) is 8.53. The molecule has 0 aliphatic rings. The first-order chi connectivity index (χ1) is 9.29. The second-order valence-corrected chi connectivity index (χ2v) is 4.56. The maximum atomic E-state index is 5.57. The van der Waals surface area contributed by atoms with Gasteiger partial charge in [-0.1, -0.05) is 19.1 Å². The molecule has 0 aliphatic carbocycles. The zero-order chi connectivity index (χ0) is 13.5. The highest BCUT2D eigenvalue weighted by Crippen LogP contribution is 2.17. The van der Waals surface area contributed by atoms with Crippen molar-refractivity contribution in [3.63, 3.8) is 0 Å². The fraction of sp³-hybridized carbons (Fsp3) is 0.400. The third-order valence-electron chi connectivity index (χ3n) is 2.98. The van der Waals surface area contributed by atoms with E-state index < -0.39 is 0 Å². The Balaban J connectivity index is 1.86. The molecule has 0 fully saturated rings. The summed E-state index contributed by atoms with van der Waals surface area (Å²) in [5, 5.41) is 3.43. The van der Waals surface area contributed by atoms with Crippen LogP contribution in [0, 0.1) is 0 Å². The largest absolute Gasteiger partial charge is 0.494 e. The van der Waals surface area contributed by atoms with Gasteiger partial charge < -0.3 is 15.0 Å². The Kier molecular flexibility index (Phi) is 4.98. The second kappa shape index (κ2) is 6.95. The van der Waals surface area contributed by atoms with Gasteiger partial charge >= 0.3 is 0 Å². The van der Waals surface area contributed by atoms with Crippen molar-refractivity contribution >= 4 is 0 Å². The van der Waals surface area contributed by atoms with Crippen LogP contribution in [0.4, 0.5) is 0 Å². The van der Waals surface area contributed by atoms with Gasteiger partial charge in [-0.3, -0.25) is 0 Å². The predicted molar refractivity (Wildman–Crippen MR) is 76.1 cm³/mol. The van der Waals surface area contributed by atoms with Crippen molar-refractivity contribution in [1.29, 1.82) is 0 Å². The van der Waals surface area contributed by atoms with E-state index in [1.807, 2.05) is 18.3 Å². The van der Waals surface area contributed by atoms with Gasteiger partial charge in [0, 0.05) is 18.4 Å². The zero-order valence-corrected chi connectivity index (χ0v) is 11.5. The Hall–Kier alpha value is -1.81. The Morgan fingerprint density at radius 1 is 1.32 bits per heavy atom. The number of rotatable bonds is 7. The van der Waals surface area contributed by atoms with Gasteiger partial charge in [-0.15, -0.1) is 0 Å². The minimum atomic E-state index is 0.283. The Morgan fingerprint density at radius 3 is 2.74 bits per heavy atom. The SMILES string of the molecule is CCCOc1ccc(C(C)NCc2ncc[nH]2)cc1. The third-order valence-corrected chi connectivity index (χ3v) is 2.98. The fourth-order valence-electron chi connectivity index (χ4n) is 1.83. The summed E-state index contributed by atoms with van der Waals surface area (Å²) < 4.78 is 5.57. The van der Waals surface area contributed by atoms with Crippen LogP contribution >= 0.6 is 0 Å². The van der Waals surface area contributed by atoms with E-state index in [1.54, 1.807) is 6.20 Å². The smallest absolute Gasteiger partial charge is 0.120 e. The number of imidazole rings is 1. The molecule has 0 saturated carbocycles. The van der Waals surface area contributed by atoms with E-state index in [0.717, 1.165) is 31.1 Å². The average molecular weight is 259 g/mol. The number of hydrogen-bond acceptors (Lipinski definition) is 3. The molecule has 2 N–H and O–H groups in total. The first-order valence-corrected chi connectivity index (χ1v) is 6.74. The number of aromatic amines is 1. The van der Waals surface area contributed by atoms with E-state index in [1.165, 1.54) is 5.56 Å². The molecule has 0 aliphatic heterocycles. The molecule has 1 atom stereocenters. The van der Waals surface area contributed by atoms with Crippen LogP contribution in [0.15, 0.2) is 36.7 Å². The van der Waals surface area contributed by atoms with Crippen LogP contribution in [0.3, 0.4) is 0 Å². The zero-order valence-electron chi connectivity index (χ0n) is 11.5. The highest BCUT2D eigenvalue weighted by atomic mass is 16.5. The van der Waals surface area contributed by atoms with Crippen molar-refractivity contribution in [3.05, 3.63) is 48.0 Å². The van der Waals surface area contributed by atoms with Crippen molar-refractivity contribution < 1.29 is 4.74 Å². The first-order valence-electron chi connectivity index (χ1n) is 6.74. The van der Waals surface area contributed by atoms with E-state index in [0.29, 0.717) is 0 Å². The van der Waals surface area contributed by atoms with Crippen LogP contribution in [0.5, 0.6) is 5.75 Å². The van der Waals surface area contributed by atoms with E-state index in [2.05, 4.69) is 41.3 Å².